The van der Waals surface area contributed by atoms with Gasteiger partial charge in [0.2, 0.25) is 5.82 Å². The lowest BCUT2D eigenvalue weighted by atomic mass is 9.98. The van der Waals surface area contributed by atoms with Crippen molar-refractivity contribution in [1.29, 1.82) is 0 Å². The maximum absolute atomic E-state index is 12.5. The van der Waals surface area contributed by atoms with Crippen LogP contribution in [0, 0.1) is 0 Å². The van der Waals surface area contributed by atoms with Crippen molar-refractivity contribution in [3.05, 3.63) is 18.5 Å². The van der Waals surface area contributed by atoms with Crippen LogP contribution in [-0.4, -0.2) is 41.9 Å². The molecule has 2 aromatic rings. The SMILES string of the molecule is O=C(NC1CCCCCCCCCCC1)c1nc(-n2cnnc2)n[nH]1. The second-order valence-corrected chi connectivity index (χ2v) is 6.78. The summed E-state index contributed by atoms with van der Waals surface area (Å²) in [6.07, 6.45) is 16.6. The van der Waals surface area contributed by atoms with Gasteiger partial charge in [0.05, 0.1) is 0 Å². The van der Waals surface area contributed by atoms with Crippen LogP contribution >= 0.6 is 0 Å². The highest BCUT2D eigenvalue weighted by Gasteiger charge is 2.17. The van der Waals surface area contributed by atoms with Gasteiger partial charge in [-0.3, -0.25) is 14.5 Å². The number of H-pyrrole nitrogens is 1. The van der Waals surface area contributed by atoms with E-state index in [2.05, 4.69) is 30.7 Å². The predicted octanol–water partition coefficient (Wildman–Crippen LogP) is 2.79. The van der Waals surface area contributed by atoms with Gasteiger partial charge in [-0.05, 0) is 12.8 Å². The van der Waals surface area contributed by atoms with Gasteiger partial charge in [0.25, 0.3) is 11.9 Å². The van der Waals surface area contributed by atoms with Crippen molar-refractivity contribution in [2.75, 3.05) is 0 Å². The van der Waals surface area contributed by atoms with Crippen LogP contribution in [0.4, 0.5) is 0 Å². The molecule has 0 saturated heterocycles. The molecule has 1 amide bonds. The standard InChI is InChI=1S/C17H27N7O/c25-16(15-21-17(23-22-15)24-12-18-19-13-24)20-14-10-8-6-4-2-1-3-5-7-9-11-14/h12-14H,1-11H2,(H,20,25)(H,21,22,23). The molecule has 1 aliphatic rings. The quantitative estimate of drug-likeness (QED) is 0.890. The van der Waals surface area contributed by atoms with Gasteiger partial charge < -0.3 is 5.32 Å². The molecule has 1 saturated carbocycles. The first-order chi connectivity index (χ1) is 12.3. The summed E-state index contributed by atoms with van der Waals surface area (Å²) < 4.78 is 1.56. The Morgan fingerprint density at radius 2 is 1.52 bits per heavy atom. The monoisotopic (exact) mass is 345 g/mol. The molecule has 2 aromatic heterocycles. The van der Waals surface area contributed by atoms with E-state index < -0.39 is 0 Å². The maximum atomic E-state index is 12.5. The summed E-state index contributed by atoms with van der Waals surface area (Å²) >= 11 is 0. The Morgan fingerprint density at radius 3 is 2.12 bits per heavy atom. The Labute approximate surface area is 147 Å². The number of aromatic nitrogens is 6. The van der Waals surface area contributed by atoms with E-state index in [1.165, 1.54) is 70.4 Å². The van der Waals surface area contributed by atoms with Gasteiger partial charge in [-0.15, -0.1) is 15.3 Å². The molecule has 0 radical (unpaired) electrons. The molecular formula is C17H27N7O. The Balaban J connectivity index is 1.55. The summed E-state index contributed by atoms with van der Waals surface area (Å²) in [6.45, 7) is 0. The molecular weight excluding hydrogens is 318 g/mol. The lowest BCUT2D eigenvalue weighted by Crippen LogP contribution is -2.35. The first-order valence-electron chi connectivity index (χ1n) is 9.41. The number of nitrogens with one attached hydrogen (secondary N) is 2. The summed E-state index contributed by atoms with van der Waals surface area (Å²) in [5.74, 6) is 0.410. The molecule has 0 unspecified atom stereocenters. The van der Waals surface area contributed by atoms with Crippen molar-refractivity contribution < 1.29 is 4.79 Å². The molecule has 0 aliphatic heterocycles. The van der Waals surface area contributed by atoms with Gasteiger partial charge in [0.1, 0.15) is 12.7 Å². The zero-order valence-electron chi connectivity index (χ0n) is 14.7. The number of aromatic amines is 1. The van der Waals surface area contributed by atoms with Crippen LogP contribution in [0.15, 0.2) is 12.7 Å². The average molecular weight is 345 g/mol. The summed E-state index contributed by atoms with van der Waals surface area (Å²) in [6, 6.07) is 0.218. The number of rotatable bonds is 3. The normalized spacial score (nSPS) is 18.2. The van der Waals surface area contributed by atoms with Crippen molar-refractivity contribution >= 4 is 5.91 Å². The topological polar surface area (TPSA) is 101 Å². The molecule has 0 aromatic carbocycles. The molecule has 136 valence electrons. The average Bonchev–Trinajstić information content (AvgIpc) is 3.28. The minimum Gasteiger partial charge on any atom is -0.347 e. The predicted molar refractivity (Wildman–Crippen MR) is 93.3 cm³/mol. The molecule has 0 atom stereocenters. The van der Waals surface area contributed by atoms with Gasteiger partial charge in [-0.25, -0.2) is 0 Å². The van der Waals surface area contributed by atoms with E-state index in [9.17, 15) is 4.79 Å². The number of nitrogens with zero attached hydrogens (tertiary/aromatic N) is 5. The molecule has 8 heteroatoms. The third-order valence-corrected chi connectivity index (χ3v) is 4.78. The van der Waals surface area contributed by atoms with Crippen LogP contribution in [-0.2, 0) is 0 Å². The fraction of sp³-hybridized carbons (Fsp3) is 0.706. The Bertz CT molecular complexity index is 625. The summed E-state index contributed by atoms with van der Waals surface area (Å²) in [7, 11) is 0. The molecule has 0 bridgehead atoms. The molecule has 2 N–H and O–H groups in total. The number of carbonyl (C=O) groups excluding carboxylic acids is 1. The van der Waals surface area contributed by atoms with E-state index >= 15 is 0 Å². The zero-order chi connectivity index (χ0) is 17.3. The van der Waals surface area contributed by atoms with Crippen LogP contribution in [0.25, 0.3) is 5.95 Å². The summed E-state index contributed by atoms with van der Waals surface area (Å²) in [5.41, 5.74) is 0. The fourth-order valence-corrected chi connectivity index (χ4v) is 3.34. The second-order valence-electron chi connectivity index (χ2n) is 6.78. The number of amides is 1. The van der Waals surface area contributed by atoms with E-state index in [0.717, 1.165) is 12.8 Å². The smallest absolute Gasteiger partial charge is 0.288 e. The molecule has 8 nitrogen and oxygen atoms in total. The second kappa shape index (κ2) is 9.29. The highest BCUT2D eigenvalue weighted by molar-refractivity contribution is 5.90. The van der Waals surface area contributed by atoms with Crippen LogP contribution < -0.4 is 5.32 Å². The fourth-order valence-electron chi connectivity index (χ4n) is 3.34. The lowest BCUT2D eigenvalue weighted by molar-refractivity contribution is 0.0921. The van der Waals surface area contributed by atoms with Crippen molar-refractivity contribution in [2.45, 2.75) is 76.7 Å². The molecule has 3 rings (SSSR count). The van der Waals surface area contributed by atoms with Crippen LogP contribution in [0.5, 0.6) is 0 Å². The third-order valence-electron chi connectivity index (χ3n) is 4.78. The Kier molecular flexibility index (Phi) is 6.53. The summed E-state index contributed by atoms with van der Waals surface area (Å²) in [4.78, 5) is 16.7. The number of hydrogen-bond donors (Lipinski definition) is 2. The Hall–Kier alpha value is -2.25. The Morgan fingerprint density at radius 1 is 0.960 bits per heavy atom. The largest absolute Gasteiger partial charge is 0.347 e. The lowest BCUT2D eigenvalue weighted by Gasteiger charge is -2.18. The van der Waals surface area contributed by atoms with Gasteiger partial charge in [0, 0.05) is 6.04 Å². The first kappa shape index (κ1) is 17.6. The van der Waals surface area contributed by atoms with Gasteiger partial charge in [0.15, 0.2) is 0 Å². The highest BCUT2D eigenvalue weighted by atomic mass is 16.2. The first-order valence-corrected chi connectivity index (χ1v) is 9.41. The molecule has 1 aliphatic carbocycles. The van der Waals surface area contributed by atoms with E-state index in [-0.39, 0.29) is 17.8 Å². The van der Waals surface area contributed by atoms with Crippen molar-refractivity contribution in [3.8, 4) is 5.95 Å². The minimum atomic E-state index is -0.191. The van der Waals surface area contributed by atoms with Gasteiger partial charge in [-0.2, -0.15) is 4.98 Å². The number of hydrogen-bond acceptors (Lipinski definition) is 5. The third kappa shape index (κ3) is 5.37. The van der Waals surface area contributed by atoms with Crippen LogP contribution in [0.1, 0.15) is 81.2 Å². The minimum absolute atomic E-state index is 0.191. The van der Waals surface area contributed by atoms with E-state index in [0.29, 0.717) is 5.95 Å². The van der Waals surface area contributed by atoms with Crippen molar-refractivity contribution in [2.24, 2.45) is 0 Å². The molecule has 0 spiro atoms. The van der Waals surface area contributed by atoms with E-state index in [4.69, 9.17) is 0 Å². The highest BCUT2D eigenvalue weighted by Crippen LogP contribution is 2.17. The van der Waals surface area contributed by atoms with Crippen molar-refractivity contribution in [1.82, 2.24) is 35.3 Å². The van der Waals surface area contributed by atoms with Gasteiger partial charge in [-0.1, -0.05) is 57.8 Å². The number of carbonyl (C=O) groups is 1. The van der Waals surface area contributed by atoms with Crippen LogP contribution in [0.2, 0.25) is 0 Å². The van der Waals surface area contributed by atoms with E-state index in [1.54, 1.807) is 4.57 Å². The van der Waals surface area contributed by atoms with Crippen molar-refractivity contribution in [3.63, 3.8) is 0 Å². The molecule has 25 heavy (non-hydrogen) atoms. The molecule has 2 heterocycles. The van der Waals surface area contributed by atoms with Gasteiger partial charge >= 0.3 is 0 Å². The molecule has 1 fully saturated rings. The summed E-state index contributed by atoms with van der Waals surface area (Å²) in [5, 5.41) is 17.3. The van der Waals surface area contributed by atoms with E-state index in [1.807, 2.05) is 0 Å². The van der Waals surface area contributed by atoms with Crippen LogP contribution in [0.3, 0.4) is 0 Å². The maximum Gasteiger partial charge on any atom is 0.288 e. The zero-order valence-corrected chi connectivity index (χ0v) is 14.7.